The predicted octanol–water partition coefficient (Wildman–Crippen LogP) is 2.33. The lowest BCUT2D eigenvalue weighted by molar-refractivity contribution is 0.0455. The molecule has 3 atom stereocenters. The topological polar surface area (TPSA) is 44.0 Å². The van der Waals surface area contributed by atoms with Crippen LogP contribution in [-0.2, 0) is 0 Å². The van der Waals surface area contributed by atoms with Crippen LogP contribution >= 0.6 is 0 Å². The van der Waals surface area contributed by atoms with Gasteiger partial charge in [0.25, 0.3) is 0 Å². The van der Waals surface area contributed by atoms with Crippen molar-refractivity contribution < 1.29 is 5.11 Å². The van der Waals surface area contributed by atoms with E-state index >= 15 is 0 Å². The molecule has 0 bridgehead atoms. The van der Waals surface area contributed by atoms with E-state index in [-0.39, 0.29) is 17.4 Å². The quantitative estimate of drug-likeness (QED) is 0.623. The van der Waals surface area contributed by atoms with E-state index in [0.29, 0.717) is 12.3 Å². The molecule has 0 aromatic carbocycles. The summed E-state index contributed by atoms with van der Waals surface area (Å²) in [5, 5.41) is 18.4. The molecule has 1 aliphatic carbocycles. The van der Waals surface area contributed by atoms with Gasteiger partial charge in [-0.2, -0.15) is 5.26 Å². The highest BCUT2D eigenvalue weighted by atomic mass is 16.3. The average Bonchev–Trinajstić information content (AvgIpc) is 2.01. The Labute approximate surface area is 80.6 Å². The second-order valence-electron chi connectivity index (χ2n) is 5.17. The molecule has 1 N–H and O–H groups in total. The second-order valence-corrected chi connectivity index (χ2v) is 5.17. The summed E-state index contributed by atoms with van der Waals surface area (Å²) in [6.07, 6.45) is 2.27. The monoisotopic (exact) mass is 181 g/mol. The zero-order valence-electron chi connectivity index (χ0n) is 8.75. The van der Waals surface area contributed by atoms with Crippen LogP contribution in [0.5, 0.6) is 0 Å². The van der Waals surface area contributed by atoms with Crippen molar-refractivity contribution in [3.8, 4) is 6.07 Å². The van der Waals surface area contributed by atoms with Crippen molar-refractivity contribution in [2.24, 2.45) is 17.3 Å². The summed E-state index contributed by atoms with van der Waals surface area (Å²) < 4.78 is 0. The average molecular weight is 181 g/mol. The molecule has 0 amide bonds. The smallest absolute Gasteiger partial charge is 0.0659 e. The van der Waals surface area contributed by atoms with Crippen molar-refractivity contribution in [2.45, 2.75) is 46.1 Å². The minimum absolute atomic E-state index is 0.0451. The first-order valence-electron chi connectivity index (χ1n) is 5.03. The van der Waals surface area contributed by atoms with Crippen LogP contribution in [0.25, 0.3) is 0 Å². The zero-order valence-corrected chi connectivity index (χ0v) is 8.75. The van der Waals surface area contributed by atoms with Gasteiger partial charge in [-0.25, -0.2) is 0 Å². The van der Waals surface area contributed by atoms with E-state index in [1.165, 1.54) is 0 Å². The molecule has 0 aromatic rings. The summed E-state index contributed by atoms with van der Waals surface area (Å²) in [4.78, 5) is 0. The summed E-state index contributed by atoms with van der Waals surface area (Å²) in [6, 6.07) is 2.33. The number of nitriles is 1. The molecule has 13 heavy (non-hydrogen) atoms. The summed E-state index contributed by atoms with van der Waals surface area (Å²) in [6.45, 7) is 6.54. The highest BCUT2D eigenvalue weighted by Crippen LogP contribution is 2.41. The maximum absolute atomic E-state index is 9.44. The molecule has 0 heterocycles. The Kier molecular flexibility index (Phi) is 2.98. The third kappa shape index (κ3) is 2.45. The van der Waals surface area contributed by atoms with Crippen molar-refractivity contribution in [1.29, 1.82) is 5.26 Å². The number of rotatable bonds is 0. The Hall–Kier alpha value is -0.550. The van der Waals surface area contributed by atoms with Crippen molar-refractivity contribution in [3.63, 3.8) is 0 Å². The minimum atomic E-state index is -0.247. The molecular weight excluding hydrogens is 162 g/mol. The summed E-state index contributed by atoms with van der Waals surface area (Å²) in [7, 11) is 0. The van der Waals surface area contributed by atoms with Crippen LogP contribution in [0.2, 0.25) is 0 Å². The number of aliphatic hydroxyl groups excluding tert-OH is 1. The molecule has 1 fully saturated rings. The Bertz CT molecular complexity index is 211. The number of hydrogen-bond acceptors (Lipinski definition) is 2. The van der Waals surface area contributed by atoms with Gasteiger partial charge in [0.05, 0.1) is 18.1 Å². The Morgan fingerprint density at radius 2 is 1.92 bits per heavy atom. The Morgan fingerprint density at radius 1 is 1.31 bits per heavy atom. The van der Waals surface area contributed by atoms with Gasteiger partial charge in [0.1, 0.15) is 0 Å². The molecule has 0 aromatic heterocycles. The summed E-state index contributed by atoms with van der Waals surface area (Å²) >= 11 is 0. The van der Waals surface area contributed by atoms with E-state index in [9.17, 15) is 5.11 Å². The van der Waals surface area contributed by atoms with E-state index in [2.05, 4.69) is 26.8 Å². The van der Waals surface area contributed by atoms with Crippen molar-refractivity contribution in [2.75, 3.05) is 0 Å². The molecule has 74 valence electrons. The SMILES string of the molecule is CC(C)(C)C1CC[C@H](O)C[C@@H]1C#N. The molecule has 2 nitrogen and oxygen atoms in total. The van der Waals surface area contributed by atoms with E-state index in [4.69, 9.17) is 5.26 Å². The molecule has 0 saturated heterocycles. The maximum atomic E-state index is 9.44. The molecule has 1 saturated carbocycles. The van der Waals surface area contributed by atoms with Gasteiger partial charge >= 0.3 is 0 Å². The van der Waals surface area contributed by atoms with Crippen LogP contribution in [0.1, 0.15) is 40.0 Å². The van der Waals surface area contributed by atoms with E-state index < -0.39 is 0 Å². The largest absolute Gasteiger partial charge is 0.393 e. The predicted molar refractivity (Wildman–Crippen MR) is 51.9 cm³/mol. The van der Waals surface area contributed by atoms with E-state index in [1.54, 1.807) is 0 Å². The van der Waals surface area contributed by atoms with Crippen molar-refractivity contribution in [1.82, 2.24) is 0 Å². The van der Waals surface area contributed by atoms with Gasteiger partial charge in [-0.3, -0.25) is 0 Å². The Morgan fingerprint density at radius 3 is 2.38 bits per heavy atom. The van der Waals surface area contributed by atoms with Crippen LogP contribution in [-0.4, -0.2) is 11.2 Å². The minimum Gasteiger partial charge on any atom is -0.393 e. The van der Waals surface area contributed by atoms with Gasteiger partial charge in [0.2, 0.25) is 0 Å². The molecule has 1 unspecified atom stereocenters. The first-order chi connectivity index (χ1) is 5.95. The highest BCUT2D eigenvalue weighted by molar-refractivity contribution is 4.97. The summed E-state index contributed by atoms with van der Waals surface area (Å²) in [5.74, 6) is 0.490. The molecule has 2 heteroatoms. The van der Waals surface area contributed by atoms with E-state index in [0.717, 1.165) is 12.8 Å². The van der Waals surface area contributed by atoms with Crippen molar-refractivity contribution in [3.05, 3.63) is 0 Å². The fourth-order valence-electron chi connectivity index (χ4n) is 2.33. The van der Waals surface area contributed by atoms with E-state index in [1.807, 2.05) is 0 Å². The van der Waals surface area contributed by atoms with Gasteiger partial charge in [-0.05, 0) is 30.6 Å². The van der Waals surface area contributed by atoms with Gasteiger partial charge in [0, 0.05) is 0 Å². The Balaban J connectivity index is 2.70. The van der Waals surface area contributed by atoms with Gasteiger partial charge in [-0.1, -0.05) is 20.8 Å². The molecule has 0 spiro atoms. The number of nitrogens with zero attached hydrogens (tertiary/aromatic N) is 1. The van der Waals surface area contributed by atoms with Crippen LogP contribution in [0.3, 0.4) is 0 Å². The first kappa shape index (κ1) is 10.5. The molecular formula is C11H19NO. The maximum Gasteiger partial charge on any atom is 0.0659 e. The highest BCUT2D eigenvalue weighted by Gasteiger charge is 2.36. The lowest BCUT2D eigenvalue weighted by Crippen LogP contribution is -2.34. The van der Waals surface area contributed by atoms with Gasteiger partial charge in [-0.15, -0.1) is 0 Å². The third-order valence-electron chi connectivity index (χ3n) is 3.10. The second kappa shape index (κ2) is 3.67. The number of hydrogen-bond donors (Lipinski definition) is 1. The fourth-order valence-corrected chi connectivity index (χ4v) is 2.33. The normalized spacial score (nSPS) is 35.5. The van der Waals surface area contributed by atoms with Crippen LogP contribution in [0, 0.1) is 28.6 Å². The van der Waals surface area contributed by atoms with Crippen LogP contribution in [0.15, 0.2) is 0 Å². The standard InChI is InChI=1S/C11H19NO/c1-11(2,3)10-5-4-9(13)6-8(10)7-12/h8-10,13H,4-6H2,1-3H3/t8-,9+,10?/m1/s1. The fraction of sp³-hybridized carbons (Fsp3) is 0.909. The summed E-state index contributed by atoms with van der Waals surface area (Å²) in [5.41, 5.74) is 0.195. The lowest BCUT2D eigenvalue weighted by atomic mass is 9.66. The molecule has 0 radical (unpaired) electrons. The third-order valence-corrected chi connectivity index (χ3v) is 3.10. The number of aliphatic hydroxyl groups is 1. The van der Waals surface area contributed by atoms with Crippen molar-refractivity contribution >= 4 is 0 Å². The van der Waals surface area contributed by atoms with Gasteiger partial charge < -0.3 is 5.11 Å². The molecule has 0 aliphatic heterocycles. The molecule has 1 rings (SSSR count). The molecule has 1 aliphatic rings. The van der Waals surface area contributed by atoms with Crippen LogP contribution < -0.4 is 0 Å². The van der Waals surface area contributed by atoms with Crippen LogP contribution in [0.4, 0.5) is 0 Å². The first-order valence-corrected chi connectivity index (χ1v) is 5.03. The lowest BCUT2D eigenvalue weighted by Gasteiger charge is -2.38. The van der Waals surface area contributed by atoms with Gasteiger partial charge in [0.15, 0.2) is 0 Å². The zero-order chi connectivity index (χ0) is 10.1.